The van der Waals surface area contributed by atoms with Crippen LogP contribution in [0.3, 0.4) is 0 Å². The summed E-state index contributed by atoms with van der Waals surface area (Å²) in [4.78, 5) is 21.4. The highest BCUT2D eigenvalue weighted by atomic mass is 16.5. The van der Waals surface area contributed by atoms with Crippen LogP contribution in [0.25, 0.3) is 0 Å². The first-order valence-electron chi connectivity index (χ1n) is 4.66. The quantitative estimate of drug-likeness (QED) is 0.589. The van der Waals surface area contributed by atoms with Crippen LogP contribution in [-0.2, 0) is 9.53 Å². The number of hydrogen-bond acceptors (Lipinski definition) is 4. The third kappa shape index (κ3) is 3.54. The molecule has 5 nitrogen and oxygen atoms in total. The smallest absolute Gasteiger partial charge is 0.341 e. The molecule has 0 saturated heterocycles. The molecule has 1 rings (SSSR count). The summed E-state index contributed by atoms with van der Waals surface area (Å²) >= 11 is 0. The minimum absolute atomic E-state index is 0.0382. The number of hydrogen-bond donors (Lipinski definition) is 2. The first kappa shape index (κ1) is 12.6. The van der Waals surface area contributed by atoms with Gasteiger partial charge >= 0.3 is 11.9 Å². The van der Waals surface area contributed by atoms with Crippen molar-refractivity contribution in [2.75, 3.05) is 7.11 Å². The lowest BCUT2D eigenvalue weighted by Crippen LogP contribution is -2.01. The van der Waals surface area contributed by atoms with Crippen LogP contribution in [0, 0.1) is 11.8 Å². The van der Waals surface area contributed by atoms with Crippen LogP contribution in [0.15, 0.2) is 18.2 Å². The van der Waals surface area contributed by atoms with Crippen molar-refractivity contribution in [3.05, 3.63) is 29.3 Å². The van der Waals surface area contributed by atoms with Crippen LogP contribution < -0.4 is 0 Å². The van der Waals surface area contributed by atoms with E-state index in [1.807, 2.05) is 0 Å². The molecular formula is C12H10O5. The van der Waals surface area contributed by atoms with E-state index in [1.165, 1.54) is 25.3 Å². The van der Waals surface area contributed by atoms with Gasteiger partial charge in [-0.25, -0.2) is 4.79 Å². The average molecular weight is 234 g/mol. The highest BCUT2D eigenvalue weighted by Gasteiger charge is 2.10. The van der Waals surface area contributed by atoms with E-state index in [9.17, 15) is 14.7 Å². The summed E-state index contributed by atoms with van der Waals surface area (Å²) in [6, 6.07) is 4.15. The second-order valence-corrected chi connectivity index (χ2v) is 3.10. The number of carboxylic acids is 1. The van der Waals surface area contributed by atoms with Crippen LogP contribution >= 0.6 is 0 Å². The van der Waals surface area contributed by atoms with Crippen molar-refractivity contribution >= 4 is 11.9 Å². The highest BCUT2D eigenvalue weighted by molar-refractivity contribution is 5.92. The molecule has 0 bridgehead atoms. The van der Waals surface area contributed by atoms with Crippen molar-refractivity contribution in [3.8, 4) is 17.6 Å². The molecule has 1 aromatic carbocycles. The standard InChI is InChI=1S/C12H10O5/c1-17-12(16)9-6-5-8(7-10(9)13)3-2-4-11(14)15/h5-7,13H,4H2,1H3,(H,14,15). The van der Waals surface area contributed by atoms with Gasteiger partial charge in [0, 0.05) is 5.56 Å². The molecule has 0 aromatic heterocycles. The molecule has 0 radical (unpaired) electrons. The Kier molecular flexibility index (Phi) is 4.12. The van der Waals surface area contributed by atoms with Crippen LogP contribution in [0.1, 0.15) is 22.3 Å². The zero-order chi connectivity index (χ0) is 12.8. The number of aliphatic carboxylic acids is 1. The number of phenols is 1. The van der Waals surface area contributed by atoms with Gasteiger partial charge in [-0.15, -0.1) is 0 Å². The predicted molar refractivity (Wildman–Crippen MR) is 58.6 cm³/mol. The number of carboxylic acid groups (broad SMARTS) is 1. The van der Waals surface area contributed by atoms with Crippen LogP contribution in [0.4, 0.5) is 0 Å². The maximum Gasteiger partial charge on any atom is 0.341 e. The summed E-state index contributed by atoms with van der Waals surface area (Å²) in [6.07, 6.45) is -0.278. The van der Waals surface area contributed by atoms with Gasteiger partial charge in [-0.2, -0.15) is 0 Å². The zero-order valence-corrected chi connectivity index (χ0v) is 9.06. The number of benzene rings is 1. The number of carbonyl (C=O) groups excluding carboxylic acids is 1. The van der Waals surface area contributed by atoms with Crippen LogP contribution in [0.2, 0.25) is 0 Å². The van der Waals surface area contributed by atoms with E-state index < -0.39 is 11.9 Å². The second-order valence-electron chi connectivity index (χ2n) is 3.10. The fourth-order valence-corrected chi connectivity index (χ4v) is 1.11. The maximum atomic E-state index is 11.2. The predicted octanol–water partition coefficient (Wildman–Crippen LogP) is 1.00. The molecular weight excluding hydrogens is 224 g/mol. The molecule has 0 spiro atoms. The molecule has 0 amide bonds. The van der Waals surface area contributed by atoms with Crippen molar-refractivity contribution in [2.24, 2.45) is 0 Å². The minimum atomic E-state index is -1.02. The molecule has 5 heteroatoms. The number of esters is 1. The van der Waals surface area contributed by atoms with Crippen molar-refractivity contribution in [3.63, 3.8) is 0 Å². The molecule has 0 unspecified atom stereocenters. The molecule has 2 N–H and O–H groups in total. The Morgan fingerprint density at radius 3 is 2.65 bits per heavy atom. The number of phenolic OH excluding ortho intramolecular Hbond substituents is 1. The van der Waals surface area contributed by atoms with Crippen molar-refractivity contribution in [1.82, 2.24) is 0 Å². The Morgan fingerprint density at radius 2 is 2.12 bits per heavy atom. The highest BCUT2D eigenvalue weighted by Crippen LogP contribution is 2.19. The Morgan fingerprint density at radius 1 is 1.41 bits per heavy atom. The van der Waals surface area contributed by atoms with Gasteiger partial charge in [0.2, 0.25) is 0 Å². The minimum Gasteiger partial charge on any atom is -0.507 e. The third-order valence-corrected chi connectivity index (χ3v) is 1.88. The van der Waals surface area contributed by atoms with E-state index >= 15 is 0 Å². The lowest BCUT2D eigenvalue weighted by molar-refractivity contribution is -0.135. The molecule has 0 fully saturated rings. The maximum absolute atomic E-state index is 11.2. The average Bonchev–Trinajstić information content (AvgIpc) is 2.28. The van der Waals surface area contributed by atoms with Crippen molar-refractivity contribution in [2.45, 2.75) is 6.42 Å². The van der Waals surface area contributed by atoms with Gasteiger partial charge in [0.05, 0.1) is 7.11 Å². The summed E-state index contributed by atoms with van der Waals surface area (Å²) in [5, 5.41) is 17.9. The molecule has 0 heterocycles. The zero-order valence-electron chi connectivity index (χ0n) is 9.06. The van der Waals surface area contributed by atoms with E-state index in [2.05, 4.69) is 16.6 Å². The number of ether oxygens (including phenoxy) is 1. The lowest BCUT2D eigenvalue weighted by atomic mass is 10.1. The molecule has 0 aliphatic heterocycles. The topological polar surface area (TPSA) is 83.8 Å². The number of carbonyl (C=O) groups is 2. The van der Waals surface area contributed by atoms with E-state index in [1.54, 1.807) is 0 Å². The fourth-order valence-electron chi connectivity index (χ4n) is 1.11. The van der Waals surface area contributed by atoms with Gasteiger partial charge < -0.3 is 14.9 Å². The summed E-state index contributed by atoms with van der Waals surface area (Å²) in [7, 11) is 1.21. The Hall–Kier alpha value is -2.48. The van der Waals surface area contributed by atoms with E-state index in [4.69, 9.17) is 5.11 Å². The van der Waals surface area contributed by atoms with Crippen molar-refractivity contribution in [1.29, 1.82) is 0 Å². The van der Waals surface area contributed by atoms with E-state index in [-0.39, 0.29) is 17.7 Å². The van der Waals surface area contributed by atoms with Gasteiger partial charge in [0.1, 0.15) is 17.7 Å². The molecule has 0 aliphatic carbocycles. The first-order valence-corrected chi connectivity index (χ1v) is 4.66. The molecule has 0 saturated carbocycles. The lowest BCUT2D eigenvalue weighted by Gasteiger charge is -2.02. The first-order chi connectivity index (χ1) is 8.04. The Balaban J connectivity index is 2.92. The van der Waals surface area contributed by atoms with Crippen molar-refractivity contribution < 1.29 is 24.5 Å². The van der Waals surface area contributed by atoms with Gasteiger partial charge in [-0.3, -0.25) is 4.79 Å². The summed E-state index contributed by atoms with van der Waals surface area (Å²) in [5.74, 6) is 3.06. The fraction of sp³-hybridized carbons (Fsp3) is 0.167. The van der Waals surface area contributed by atoms with Gasteiger partial charge in [-0.1, -0.05) is 11.8 Å². The summed E-state index contributed by atoms with van der Waals surface area (Å²) in [6.45, 7) is 0. The van der Waals surface area contributed by atoms with E-state index in [0.29, 0.717) is 5.56 Å². The van der Waals surface area contributed by atoms with Crippen LogP contribution in [0.5, 0.6) is 5.75 Å². The number of rotatable bonds is 2. The summed E-state index contributed by atoms with van der Waals surface area (Å²) < 4.78 is 4.46. The van der Waals surface area contributed by atoms with E-state index in [0.717, 1.165) is 0 Å². The van der Waals surface area contributed by atoms with Gasteiger partial charge in [0.15, 0.2) is 0 Å². The number of methoxy groups -OCH3 is 1. The third-order valence-electron chi connectivity index (χ3n) is 1.88. The normalized spacial score (nSPS) is 9.00. The Bertz CT molecular complexity index is 507. The summed E-state index contributed by atoms with van der Waals surface area (Å²) in [5.41, 5.74) is 0.465. The number of aromatic hydroxyl groups is 1. The monoisotopic (exact) mass is 234 g/mol. The molecule has 88 valence electrons. The molecule has 0 atom stereocenters. The SMILES string of the molecule is COC(=O)c1ccc(C#CCC(=O)O)cc1O. The molecule has 1 aromatic rings. The Labute approximate surface area is 97.6 Å². The van der Waals surface area contributed by atoms with Gasteiger partial charge in [0.25, 0.3) is 0 Å². The van der Waals surface area contributed by atoms with Gasteiger partial charge in [-0.05, 0) is 18.2 Å². The molecule has 0 aliphatic rings. The largest absolute Gasteiger partial charge is 0.507 e. The molecule has 17 heavy (non-hydrogen) atoms. The van der Waals surface area contributed by atoms with Crippen LogP contribution in [-0.4, -0.2) is 29.3 Å². The second kappa shape index (κ2) is 5.56.